The van der Waals surface area contributed by atoms with Crippen molar-refractivity contribution in [3.8, 4) is 0 Å². The molecule has 0 fully saturated rings. The number of nitrogens with one attached hydrogen (secondary N) is 2. The van der Waals surface area contributed by atoms with Crippen LogP contribution in [0, 0.1) is 0 Å². The van der Waals surface area contributed by atoms with Crippen molar-refractivity contribution in [2.75, 3.05) is 35.8 Å². The maximum atomic E-state index is 12.3. The van der Waals surface area contributed by atoms with E-state index in [0.717, 1.165) is 11.1 Å². The normalized spacial score (nSPS) is 13.0. The van der Waals surface area contributed by atoms with Crippen LogP contribution in [0.3, 0.4) is 0 Å². The highest BCUT2D eigenvalue weighted by Crippen LogP contribution is 2.29. The number of benzene rings is 2. The summed E-state index contributed by atoms with van der Waals surface area (Å²) in [5.41, 5.74) is 3.36. The quantitative estimate of drug-likeness (QED) is 0.642. The third-order valence-electron chi connectivity index (χ3n) is 5.18. The Labute approximate surface area is 180 Å². The number of anilines is 3. The number of hydrogen-bond acceptors (Lipinski definition) is 6. The van der Waals surface area contributed by atoms with Gasteiger partial charge in [0.1, 0.15) is 5.69 Å². The van der Waals surface area contributed by atoms with Gasteiger partial charge in [0, 0.05) is 32.7 Å². The van der Waals surface area contributed by atoms with Crippen molar-refractivity contribution in [3.63, 3.8) is 0 Å². The van der Waals surface area contributed by atoms with Gasteiger partial charge in [-0.1, -0.05) is 42.5 Å². The van der Waals surface area contributed by atoms with E-state index >= 15 is 0 Å². The van der Waals surface area contributed by atoms with Crippen molar-refractivity contribution in [2.45, 2.75) is 13.1 Å². The first kappa shape index (κ1) is 20.3. The van der Waals surface area contributed by atoms with Crippen molar-refractivity contribution < 1.29 is 9.59 Å². The number of carbonyl (C=O) groups excluding carboxylic acids is 2. The molecular weight excluding hydrogens is 392 g/mol. The molecule has 0 saturated heterocycles. The standard InChI is InChI=1S/C23H24N6O2/c1-28-15-20(30)29(2)19-14-26-23(27-21(19)28)25-13-17-8-10-18(11-9-17)22(31)24-12-16-6-4-3-5-7-16/h3-11,14H,12-13,15H2,1-2H3,(H,24,31)(H,25,26,27). The van der Waals surface area contributed by atoms with E-state index in [1.807, 2.05) is 54.4 Å². The molecule has 0 spiro atoms. The Balaban J connectivity index is 1.35. The highest BCUT2D eigenvalue weighted by atomic mass is 16.2. The van der Waals surface area contributed by atoms with Crippen LogP contribution in [0.25, 0.3) is 0 Å². The predicted molar refractivity (Wildman–Crippen MR) is 120 cm³/mol. The topological polar surface area (TPSA) is 90.5 Å². The van der Waals surface area contributed by atoms with Crippen molar-refractivity contribution in [3.05, 3.63) is 77.5 Å². The Morgan fingerprint density at radius 3 is 2.45 bits per heavy atom. The largest absolute Gasteiger partial charge is 0.350 e. The summed E-state index contributed by atoms with van der Waals surface area (Å²) in [6.07, 6.45) is 1.65. The van der Waals surface area contributed by atoms with Gasteiger partial charge in [-0.05, 0) is 23.3 Å². The maximum absolute atomic E-state index is 12.3. The molecule has 0 aliphatic carbocycles. The molecule has 2 aromatic carbocycles. The summed E-state index contributed by atoms with van der Waals surface area (Å²) < 4.78 is 0. The second kappa shape index (κ2) is 8.83. The van der Waals surface area contributed by atoms with E-state index in [4.69, 9.17) is 0 Å². The molecular formula is C23H24N6O2. The molecule has 2 amide bonds. The molecule has 31 heavy (non-hydrogen) atoms. The average molecular weight is 416 g/mol. The fourth-order valence-corrected chi connectivity index (χ4v) is 3.32. The van der Waals surface area contributed by atoms with E-state index in [9.17, 15) is 9.59 Å². The fraction of sp³-hybridized carbons (Fsp3) is 0.217. The van der Waals surface area contributed by atoms with Crippen molar-refractivity contribution in [1.29, 1.82) is 0 Å². The molecule has 0 unspecified atom stereocenters. The Hall–Kier alpha value is -3.94. The summed E-state index contributed by atoms with van der Waals surface area (Å²) >= 11 is 0. The van der Waals surface area contributed by atoms with E-state index in [2.05, 4.69) is 20.6 Å². The molecule has 1 aromatic heterocycles. The molecule has 4 rings (SSSR count). The first-order valence-corrected chi connectivity index (χ1v) is 10.0. The van der Waals surface area contributed by atoms with Crippen LogP contribution >= 0.6 is 0 Å². The molecule has 0 radical (unpaired) electrons. The van der Waals surface area contributed by atoms with Gasteiger partial charge in [-0.25, -0.2) is 4.98 Å². The van der Waals surface area contributed by atoms with E-state index in [-0.39, 0.29) is 18.4 Å². The SMILES string of the molecule is CN1CC(=O)N(C)c2cnc(NCc3ccc(C(=O)NCc4ccccc4)cc3)nc21. The first-order valence-electron chi connectivity index (χ1n) is 10.0. The maximum Gasteiger partial charge on any atom is 0.251 e. The van der Waals surface area contributed by atoms with Gasteiger partial charge >= 0.3 is 0 Å². The number of fused-ring (bicyclic) bond motifs is 1. The molecule has 8 heteroatoms. The zero-order valence-electron chi connectivity index (χ0n) is 17.5. The summed E-state index contributed by atoms with van der Waals surface area (Å²) in [6, 6.07) is 17.2. The van der Waals surface area contributed by atoms with Gasteiger partial charge in [0.2, 0.25) is 11.9 Å². The number of rotatable bonds is 6. The molecule has 0 saturated carbocycles. The molecule has 8 nitrogen and oxygen atoms in total. The minimum Gasteiger partial charge on any atom is -0.350 e. The Bertz CT molecular complexity index is 1080. The highest BCUT2D eigenvalue weighted by Gasteiger charge is 2.26. The number of carbonyl (C=O) groups is 2. The van der Waals surface area contributed by atoms with Crippen molar-refractivity contribution >= 4 is 29.3 Å². The summed E-state index contributed by atoms with van der Waals surface area (Å²) in [4.78, 5) is 36.5. The van der Waals surface area contributed by atoms with E-state index in [1.54, 1.807) is 30.3 Å². The summed E-state index contributed by atoms with van der Waals surface area (Å²) in [5, 5.41) is 6.13. The fourth-order valence-electron chi connectivity index (χ4n) is 3.32. The Morgan fingerprint density at radius 1 is 1.00 bits per heavy atom. The van der Waals surface area contributed by atoms with Crippen LogP contribution in [0.15, 0.2) is 60.8 Å². The van der Waals surface area contributed by atoms with Gasteiger partial charge in [0.15, 0.2) is 5.82 Å². The summed E-state index contributed by atoms with van der Waals surface area (Å²) in [6.45, 7) is 1.30. The number of likely N-dealkylation sites (N-methyl/N-ethyl adjacent to an activating group) is 2. The molecule has 0 bridgehead atoms. The Morgan fingerprint density at radius 2 is 1.71 bits per heavy atom. The lowest BCUT2D eigenvalue weighted by Crippen LogP contribution is -2.42. The van der Waals surface area contributed by atoms with Crippen LogP contribution < -0.4 is 20.4 Å². The molecule has 1 aliphatic rings. The second-order valence-corrected chi connectivity index (χ2v) is 7.43. The van der Waals surface area contributed by atoms with Crippen molar-refractivity contribution in [2.24, 2.45) is 0 Å². The van der Waals surface area contributed by atoms with Gasteiger partial charge in [0.25, 0.3) is 5.91 Å². The molecule has 3 aromatic rings. The van der Waals surface area contributed by atoms with E-state index in [0.29, 0.717) is 36.1 Å². The monoisotopic (exact) mass is 416 g/mol. The summed E-state index contributed by atoms with van der Waals surface area (Å²) in [7, 11) is 3.56. The first-order chi connectivity index (χ1) is 15.0. The predicted octanol–water partition coefficient (Wildman–Crippen LogP) is 2.43. The highest BCUT2D eigenvalue weighted by molar-refractivity contribution is 6.01. The lowest BCUT2D eigenvalue weighted by Gasteiger charge is -2.31. The van der Waals surface area contributed by atoms with Gasteiger partial charge in [0.05, 0.1) is 12.7 Å². The third kappa shape index (κ3) is 4.63. The van der Waals surface area contributed by atoms with Gasteiger partial charge in [-0.3, -0.25) is 9.59 Å². The molecule has 0 atom stereocenters. The zero-order valence-corrected chi connectivity index (χ0v) is 17.5. The van der Waals surface area contributed by atoms with Gasteiger partial charge in [-0.15, -0.1) is 0 Å². The van der Waals surface area contributed by atoms with Crippen LogP contribution in [0.2, 0.25) is 0 Å². The number of hydrogen-bond donors (Lipinski definition) is 2. The molecule has 2 N–H and O–H groups in total. The lowest BCUT2D eigenvalue weighted by atomic mass is 10.1. The molecule has 1 aliphatic heterocycles. The van der Waals surface area contributed by atoms with Crippen LogP contribution in [0.1, 0.15) is 21.5 Å². The number of amides is 2. The van der Waals surface area contributed by atoms with E-state index < -0.39 is 0 Å². The lowest BCUT2D eigenvalue weighted by molar-refractivity contribution is -0.117. The number of nitrogens with zero attached hydrogens (tertiary/aromatic N) is 4. The van der Waals surface area contributed by atoms with Gasteiger partial charge < -0.3 is 20.4 Å². The minimum absolute atomic E-state index is 0.00667. The van der Waals surface area contributed by atoms with Crippen LogP contribution in [0.4, 0.5) is 17.5 Å². The van der Waals surface area contributed by atoms with Crippen LogP contribution in [-0.2, 0) is 17.9 Å². The molecule has 158 valence electrons. The second-order valence-electron chi connectivity index (χ2n) is 7.43. The minimum atomic E-state index is -0.108. The van der Waals surface area contributed by atoms with Crippen molar-refractivity contribution in [1.82, 2.24) is 15.3 Å². The zero-order chi connectivity index (χ0) is 21.8. The molecule has 2 heterocycles. The average Bonchev–Trinajstić information content (AvgIpc) is 2.80. The smallest absolute Gasteiger partial charge is 0.251 e. The Kier molecular flexibility index (Phi) is 5.79. The van der Waals surface area contributed by atoms with Crippen LogP contribution in [0.5, 0.6) is 0 Å². The van der Waals surface area contributed by atoms with Gasteiger partial charge in [-0.2, -0.15) is 4.98 Å². The van der Waals surface area contributed by atoms with Crippen LogP contribution in [-0.4, -0.2) is 42.4 Å². The van der Waals surface area contributed by atoms with E-state index in [1.165, 1.54) is 0 Å². The summed E-state index contributed by atoms with van der Waals surface area (Å²) in [5.74, 6) is 1.10. The third-order valence-corrected chi connectivity index (χ3v) is 5.18. The number of aromatic nitrogens is 2.